The molecule has 92 valence electrons. The van der Waals surface area contributed by atoms with Gasteiger partial charge in [-0.05, 0) is 13.0 Å². The second-order valence-corrected chi connectivity index (χ2v) is 4.75. The van der Waals surface area contributed by atoms with E-state index in [1.807, 2.05) is 0 Å². The van der Waals surface area contributed by atoms with Crippen LogP contribution in [0.5, 0.6) is 0 Å². The molecule has 0 aliphatic carbocycles. The summed E-state index contributed by atoms with van der Waals surface area (Å²) in [4.78, 5) is 19.0. The number of sulfonamides is 1. The topological polar surface area (TPSA) is 92.3 Å². The summed E-state index contributed by atoms with van der Waals surface area (Å²) in [6, 6.07) is 0.595. The van der Waals surface area contributed by atoms with Crippen LogP contribution in [0.4, 0.5) is 10.7 Å². The molecule has 0 saturated heterocycles. The Kier molecular flexibility index (Phi) is 4.46. The summed E-state index contributed by atoms with van der Waals surface area (Å²) in [5.41, 5.74) is 0. The maximum Gasteiger partial charge on any atom is 0.348 e. The first-order chi connectivity index (χ1) is 7.96. The third-order valence-corrected chi connectivity index (χ3v) is 2.93. The van der Waals surface area contributed by atoms with Gasteiger partial charge in [0.15, 0.2) is 0 Å². The third kappa shape index (κ3) is 4.04. The van der Waals surface area contributed by atoms with Crippen molar-refractivity contribution < 1.29 is 13.2 Å². The number of thiol groups is 1. The lowest BCUT2D eigenvalue weighted by Crippen LogP contribution is -2.37. The van der Waals surface area contributed by atoms with Crippen LogP contribution in [0.15, 0.2) is 29.9 Å². The predicted octanol–water partition coefficient (Wildman–Crippen LogP) is 0.701. The van der Waals surface area contributed by atoms with E-state index in [1.165, 1.54) is 25.4 Å². The Morgan fingerprint density at radius 2 is 2.06 bits per heavy atom. The molecule has 0 aliphatic heterocycles. The van der Waals surface area contributed by atoms with E-state index in [4.69, 9.17) is 0 Å². The second-order valence-electron chi connectivity index (χ2n) is 2.78. The first-order valence-electron chi connectivity index (χ1n) is 4.42. The average Bonchev–Trinajstić information content (AvgIpc) is 2.28. The Hall–Kier alpha value is -1.61. The molecule has 1 aromatic heterocycles. The van der Waals surface area contributed by atoms with Crippen LogP contribution in [0.3, 0.4) is 0 Å². The molecule has 0 radical (unpaired) electrons. The van der Waals surface area contributed by atoms with Crippen LogP contribution in [0.2, 0.25) is 0 Å². The minimum absolute atomic E-state index is 0.0241. The number of hydrogen-bond acceptors (Lipinski definition) is 6. The number of allylic oxidation sites excluding steroid dienone is 1. The van der Waals surface area contributed by atoms with Gasteiger partial charge in [0, 0.05) is 17.8 Å². The highest BCUT2D eigenvalue weighted by Crippen LogP contribution is 2.08. The van der Waals surface area contributed by atoms with Crippen LogP contribution in [-0.2, 0) is 10.0 Å². The highest BCUT2D eigenvalue weighted by Gasteiger charge is 2.18. The van der Waals surface area contributed by atoms with Gasteiger partial charge in [0.05, 0.1) is 0 Å². The molecule has 0 aromatic carbocycles. The Morgan fingerprint density at radius 1 is 1.47 bits per heavy atom. The molecular weight excluding hydrogens is 264 g/mol. The van der Waals surface area contributed by atoms with Crippen molar-refractivity contribution in [1.29, 1.82) is 0 Å². The number of amides is 2. The summed E-state index contributed by atoms with van der Waals surface area (Å²) >= 11 is 3.80. The van der Waals surface area contributed by atoms with Gasteiger partial charge in [0.1, 0.15) is 0 Å². The molecule has 9 heteroatoms. The van der Waals surface area contributed by atoms with Crippen molar-refractivity contribution in [2.45, 2.75) is 6.92 Å². The number of aromatic nitrogens is 2. The van der Waals surface area contributed by atoms with Crippen LogP contribution in [-0.4, -0.2) is 24.4 Å². The molecule has 1 heterocycles. The van der Waals surface area contributed by atoms with Gasteiger partial charge < -0.3 is 0 Å². The number of rotatable bonds is 3. The minimum Gasteiger partial charge on any atom is -0.246 e. The fourth-order valence-corrected chi connectivity index (χ4v) is 1.85. The zero-order valence-corrected chi connectivity index (χ0v) is 10.5. The van der Waals surface area contributed by atoms with Gasteiger partial charge in [-0.1, -0.05) is 18.9 Å². The zero-order valence-electron chi connectivity index (χ0n) is 8.81. The summed E-state index contributed by atoms with van der Waals surface area (Å²) < 4.78 is 25.0. The number of carbonyl (C=O) groups excluding carboxylic acids is 1. The van der Waals surface area contributed by atoms with Crippen molar-refractivity contribution >= 4 is 34.8 Å². The summed E-state index contributed by atoms with van der Waals surface area (Å²) in [7, 11) is -3.81. The normalized spacial score (nSPS) is 11.4. The summed E-state index contributed by atoms with van der Waals surface area (Å²) in [6.07, 6.45) is 4.09. The molecule has 1 N–H and O–H groups in total. The number of hydrogen-bond donors (Lipinski definition) is 2. The average molecular weight is 274 g/mol. The van der Waals surface area contributed by atoms with Gasteiger partial charge in [-0.25, -0.2) is 32.2 Å². The molecule has 0 atom stereocenters. The van der Waals surface area contributed by atoms with Gasteiger partial charge in [-0.15, -0.1) is 0 Å². The quantitative estimate of drug-likeness (QED) is 0.792. The van der Waals surface area contributed by atoms with E-state index in [9.17, 15) is 13.2 Å². The monoisotopic (exact) mass is 274 g/mol. The Labute approximate surface area is 104 Å². The summed E-state index contributed by atoms with van der Waals surface area (Å²) in [5, 5.41) is 0.859. The van der Waals surface area contributed by atoms with Gasteiger partial charge in [0.25, 0.3) is 10.0 Å². The standard InChI is InChI=1S/C8H10N4O3S2/c1-2-6-17(14,15)11-8(13)12(16)7-9-4-3-5-10-7/h2-6,16H,1H3,(H,11,13). The Balaban J connectivity index is 2.79. The van der Waals surface area contributed by atoms with E-state index >= 15 is 0 Å². The fourth-order valence-electron chi connectivity index (χ4n) is 0.870. The molecule has 0 bridgehead atoms. The third-order valence-electron chi connectivity index (χ3n) is 1.48. The molecule has 0 spiro atoms. The highest BCUT2D eigenvalue weighted by atomic mass is 32.2. The van der Waals surface area contributed by atoms with Crippen molar-refractivity contribution in [3.63, 3.8) is 0 Å². The summed E-state index contributed by atoms with van der Waals surface area (Å²) in [6.45, 7) is 1.52. The molecule has 0 fully saturated rings. The molecule has 0 aliphatic rings. The summed E-state index contributed by atoms with van der Waals surface area (Å²) in [5.74, 6) is -0.0241. The highest BCUT2D eigenvalue weighted by molar-refractivity contribution is 7.93. The van der Waals surface area contributed by atoms with Crippen molar-refractivity contribution in [2.24, 2.45) is 0 Å². The SMILES string of the molecule is CC=CS(=O)(=O)NC(=O)N(S)c1ncccn1. The minimum atomic E-state index is -3.81. The first kappa shape index (κ1) is 13.5. The van der Waals surface area contributed by atoms with Crippen LogP contribution in [0.1, 0.15) is 6.92 Å². The fraction of sp³-hybridized carbons (Fsp3) is 0.125. The van der Waals surface area contributed by atoms with Crippen molar-refractivity contribution in [3.8, 4) is 0 Å². The number of anilines is 1. The molecule has 17 heavy (non-hydrogen) atoms. The molecule has 1 aromatic rings. The van der Waals surface area contributed by atoms with Gasteiger partial charge in [-0.2, -0.15) is 0 Å². The largest absolute Gasteiger partial charge is 0.348 e. The van der Waals surface area contributed by atoms with Crippen LogP contribution in [0.25, 0.3) is 0 Å². The number of nitrogens with one attached hydrogen (secondary N) is 1. The molecule has 7 nitrogen and oxygen atoms in total. The lowest BCUT2D eigenvalue weighted by Gasteiger charge is -2.12. The second kappa shape index (κ2) is 5.64. The van der Waals surface area contributed by atoms with E-state index in [0.29, 0.717) is 4.31 Å². The van der Waals surface area contributed by atoms with E-state index in [-0.39, 0.29) is 5.95 Å². The predicted molar refractivity (Wildman–Crippen MR) is 65.8 cm³/mol. The van der Waals surface area contributed by atoms with Gasteiger partial charge in [0.2, 0.25) is 5.95 Å². The zero-order chi connectivity index (χ0) is 12.9. The lowest BCUT2D eigenvalue weighted by molar-refractivity contribution is 0.254. The smallest absolute Gasteiger partial charge is 0.246 e. The maximum absolute atomic E-state index is 11.5. The van der Waals surface area contributed by atoms with Gasteiger partial charge >= 0.3 is 6.03 Å². The molecule has 2 amide bonds. The lowest BCUT2D eigenvalue weighted by atomic mass is 10.7. The maximum atomic E-state index is 11.5. The van der Waals surface area contributed by atoms with E-state index in [0.717, 1.165) is 5.41 Å². The Morgan fingerprint density at radius 3 is 2.59 bits per heavy atom. The van der Waals surface area contributed by atoms with Gasteiger partial charge in [-0.3, -0.25) is 0 Å². The van der Waals surface area contributed by atoms with E-state index < -0.39 is 16.1 Å². The van der Waals surface area contributed by atoms with Crippen LogP contribution < -0.4 is 9.03 Å². The van der Waals surface area contributed by atoms with Crippen molar-refractivity contribution in [3.05, 3.63) is 29.9 Å². The molecule has 0 unspecified atom stereocenters. The van der Waals surface area contributed by atoms with Crippen molar-refractivity contribution in [2.75, 3.05) is 4.31 Å². The van der Waals surface area contributed by atoms with E-state index in [2.05, 4.69) is 22.8 Å². The number of carbonyl (C=O) groups is 1. The molecular formula is C8H10N4O3S2. The molecule has 0 saturated carbocycles. The van der Waals surface area contributed by atoms with Crippen LogP contribution in [0, 0.1) is 0 Å². The number of nitrogens with zero attached hydrogens (tertiary/aromatic N) is 3. The molecule has 1 rings (SSSR count). The van der Waals surface area contributed by atoms with Crippen LogP contribution >= 0.6 is 12.8 Å². The Bertz CT molecular complexity index is 515. The van der Waals surface area contributed by atoms with Crippen molar-refractivity contribution in [1.82, 2.24) is 14.7 Å². The number of urea groups is 1. The van der Waals surface area contributed by atoms with E-state index in [1.54, 1.807) is 10.8 Å². The first-order valence-corrected chi connectivity index (χ1v) is 6.36.